The SMILES string of the molecule is COCC(=O)N[C@@H]1CCN(S(=O)(=O)c2cccc3cncc(F)c23)C1.Cl. The number of nitrogens with one attached hydrogen (secondary N) is 1. The van der Waals surface area contributed by atoms with Crippen LogP contribution in [0.15, 0.2) is 35.5 Å². The molecule has 1 saturated heterocycles. The molecule has 0 spiro atoms. The molecular formula is C16H19ClFN3O4S. The van der Waals surface area contributed by atoms with Gasteiger partial charge >= 0.3 is 0 Å². The molecule has 1 aromatic carbocycles. The van der Waals surface area contributed by atoms with Crippen LogP contribution in [-0.2, 0) is 19.6 Å². The first-order chi connectivity index (χ1) is 11.9. The van der Waals surface area contributed by atoms with E-state index in [0.717, 1.165) is 6.20 Å². The molecule has 142 valence electrons. The molecule has 2 aromatic rings. The minimum Gasteiger partial charge on any atom is -0.375 e. The number of nitrogens with zero attached hydrogens (tertiary/aromatic N) is 2. The van der Waals surface area contributed by atoms with Gasteiger partial charge in [0.25, 0.3) is 0 Å². The van der Waals surface area contributed by atoms with Crippen molar-refractivity contribution in [3.05, 3.63) is 36.4 Å². The molecule has 10 heteroatoms. The predicted molar refractivity (Wildman–Crippen MR) is 96.1 cm³/mol. The monoisotopic (exact) mass is 403 g/mol. The van der Waals surface area contributed by atoms with Crippen molar-refractivity contribution in [1.82, 2.24) is 14.6 Å². The molecule has 0 aliphatic carbocycles. The van der Waals surface area contributed by atoms with E-state index >= 15 is 0 Å². The van der Waals surface area contributed by atoms with Crippen molar-refractivity contribution in [2.75, 3.05) is 26.8 Å². The molecule has 1 aromatic heterocycles. The molecule has 1 aliphatic rings. The average molecular weight is 404 g/mol. The van der Waals surface area contributed by atoms with E-state index in [4.69, 9.17) is 4.74 Å². The van der Waals surface area contributed by atoms with Gasteiger partial charge in [-0.25, -0.2) is 12.8 Å². The van der Waals surface area contributed by atoms with E-state index in [1.807, 2.05) is 0 Å². The fourth-order valence-electron chi connectivity index (χ4n) is 2.98. The Morgan fingerprint density at radius 3 is 2.92 bits per heavy atom. The molecule has 0 radical (unpaired) electrons. The maximum Gasteiger partial charge on any atom is 0.246 e. The summed E-state index contributed by atoms with van der Waals surface area (Å²) < 4.78 is 46.1. The number of hydrogen-bond acceptors (Lipinski definition) is 5. The van der Waals surface area contributed by atoms with Crippen LogP contribution in [0.1, 0.15) is 6.42 Å². The van der Waals surface area contributed by atoms with Gasteiger partial charge in [-0.2, -0.15) is 4.31 Å². The molecule has 2 heterocycles. The van der Waals surface area contributed by atoms with Crippen LogP contribution in [0.3, 0.4) is 0 Å². The lowest BCUT2D eigenvalue weighted by Crippen LogP contribution is -2.40. The van der Waals surface area contributed by atoms with Crippen molar-refractivity contribution >= 4 is 39.1 Å². The first-order valence-corrected chi connectivity index (χ1v) is 9.18. The smallest absolute Gasteiger partial charge is 0.246 e. The number of sulfonamides is 1. The van der Waals surface area contributed by atoms with Crippen LogP contribution in [-0.4, -0.2) is 56.5 Å². The fourth-order valence-corrected chi connectivity index (χ4v) is 4.70. The molecule has 1 aliphatic heterocycles. The van der Waals surface area contributed by atoms with E-state index in [2.05, 4.69) is 10.3 Å². The summed E-state index contributed by atoms with van der Waals surface area (Å²) >= 11 is 0. The summed E-state index contributed by atoms with van der Waals surface area (Å²) in [6.07, 6.45) is 2.91. The quantitative estimate of drug-likeness (QED) is 0.813. The molecule has 0 bridgehead atoms. The largest absolute Gasteiger partial charge is 0.375 e. The standard InChI is InChI=1S/C16H18FN3O4S.ClH/c1-24-10-15(21)19-12-5-6-20(9-12)25(22,23)14-4-2-3-11-7-18-8-13(17)16(11)14;/h2-4,7-8,12H,5-6,9-10H2,1H3,(H,19,21);1H/t12-;/m1./s1. The van der Waals surface area contributed by atoms with Crippen LogP contribution in [0.25, 0.3) is 10.8 Å². The highest BCUT2D eigenvalue weighted by molar-refractivity contribution is 7.89. The van der Waals surface area contributed by atoms with Crippen molar-refractivity contribution in [2.45, 2.75) is 17.4 Å². The second-order valence-corrected chi connectivity index (χ2v) is 7.73. The summed E-state index contributed by atoms with van der Waals surface area (Å²) in [5, 5.41) is 3.18. The van der Waals surface area contributed by atoms with Crippen molar-refractivity contribution < 1.29 is 22.3 Å². The van der Waals surface area contributed by atoms with Gasteiger partial charge in [-0.05, 0) is 12.5 Å². The van der Waals surface area contributed by atoms with E-state index in [1.165, 1.54) is 23.7 Å². The maximum absolute atomic E-state index is 14.2. The molecule has 1 atom stereocenters. The molecule has 1 N–H and O–H groups in total. The number of methoxy groups -OCH3 is 1. The highest BCUT2D eigenvalue weighted by atomic mass is 35.5. The number of carbonyl (C=O) groups excluding carboxylic acids is 1. The maximum atomic E-state index is 14.2. The summed E-state index contributed by atoms with van der Waals surface area (Å²) in [6.45, 7) is 0.314. The Bertz CT molecular complexity index is 904. The minimum absolute atomic E-state index is 0. The highest BCUT2D eigenvalue weighted by Crippen LogP contribution is 2.29. The Morgan fingerprint density at radius 2 is 2.19 bits per heavy atom. The lowest BCUT2D eigenvalue weighted by molar-refractivity contribution is -0.125. The van der Waals surface area contributed by atoms with Crippen molar-refractivity contribution in [1.29, 1.82) is 0 Å². The van der Waals surface area contributed by atoms with Gasteiger partial charge in [-0.1, -0.05) is 12.1 Å². The predicted octanol–water partition coefficient (Wildman–Crippen LogP) is 1.32. The topological polar surface area (TPSA) is 88.6 Å². The number of ether oxygens (including phenoxy) is 1. The zero-order valence-corrected chi connectivity index (χ0v) is 15.6. The number of carbonyl (C=O) groups is 1. The molecule has 1 amide bonds. The number of pyridine rings is 1. The Labute approximate surface area is 157 Å². The first-order valence-electron chi connectivity index (χ1n) is 7.74. The van der Waals surface area contributed by atoms with E-state index in [-0.39, 0.29) is 54.3 Å². The molecule has 3 rings (SSSR count). The summed E-state index contributed by atoms with van der Waals surface area (Å²) in [4.78, 5) is 15.2. The average Bonchev–Trinajstić information content (AvgIpc) is 3.04. The highest BCUT2D eigenvalue weighted by Gasteiger charge is 2.34. The van der Waals surface area contributed by atoms with Crippen LogP contribution in [0.4, 0.5) is 4.39 Å². The number of amides is 1. The molecule has 0 saturated carbocycles. The summed E-state index contributed by atoms with van der Waals surface area (Å²) in [5.41, 5.74) is 0. The number of rotatable bonds is 5. The molecule has 7 nitrogen and oxygen atoms in total. The van der Waals surface area contributed by atoms with Gasteiger partial charge in [-0.15, -0.1) is 12.4 Å². The van der Waals surface area contributed by atoms with Gasteiger partial charge in [0, 0.05) is 43.2 Å². The third kappa shape index (κ3) is 3.96. The first kappa shape index (κ1) is 20.5. The van der Waals surface area contributed by atoms with Crippen LogP contribution in [0.5, 0.6) is 0 Å². The van der Waals surface area contributed by atoms with E-state index in [0.29, 0.717) is 11.8 Å². The van der Waals surface area contributed by atoms with Crippen molar-refractivity contribution in [3.8, 4) is 0 Å². The summed E-state index contributed by atoms with van der Waals surface area (Å²) in [6, 6.07) is 4.27. The summed E-state index contributed by atoms with van der Waals surface area (Å²) in [7, 11) is -2.47. The van der Waals surface area contributed by atoms with Crippen LogP contribution < -0.4 is 5.32 Å². The lowest BCUT2D eigenvalue weighted by Gasteiger charge is -2.18. The number of hydrogen-bond donors (Lipinski definition) is 1. The van der Waals surface area contributed by atoms with Gasteiger partial charge in [0.05, 0.1) is 11.1 Å². The minimum atomic E-state index is -3.89. The van der Waals surface area contributed by atoms with E-state index < -0.39 is 15.8 Å². The molecular weight excluding hydrogens is 385 g/mol. The van der Waals surface area contributed by atoms with E-state index in [1.54, 1.807) is 12.1 Å². The lowest BCUT2D eigenvalue weighted by atomic mass is 10.2. The Morgan fingerprint density at radius 1 is 1.42 bits per heavy atom. The van der Waals surface area contributed by atoms with Gasteiger partial charge < -0.3 is 10.1 Å². The van der Waals surface area contributed by atoms with Crippen LogP contribution in [0.2, 0.25) is 0 Å². The number of benzene rings is 1. The van der Waals surface area contributed by atoms with Gasteiger partial charge in [0.15, 0.2) is 5.82 Å². The second kappa shape index (κ2) is 8.26. The Kier molecular flexibility index (Phi) is 6.51. The van der Waals surface area contributed by atoms with Gasteiger partial charge in [-0.3, -0.25) is 9.78 Å². The van der Waals surface area contributed by atoms with E-state index in [9.17, 15) is 17.6 Å². The number of fused-ring (bicyclic) bond motifs is 1. The van der Waals surface area contributed by atoms with Crippen molar-refractivity contribution in [3.63, 3.8) is 0 Å². The Balaban J connectivity index is 0.00000243. The van der Waals surface area contributed by atoms with Crippen LogP contribution >= 0.6 is 12.4 Å². The fraction of sp³-hybridized carbons (Fsp3) is 0.375. The number of aromatic nitrogens is 1. The third-order valence-corrected chi connectivity index (χ3v) is 6.02. The van der Waals surface area contributed by atoms with Crippen LogP contribution in [0, 0.1) is 5.82 Å². The number of halogens is 2. The zero-order valence-electron chi connectivity index (χ0n) is 14.0. The molecule has 26 heavy (non-hydrogen) atoms. The third-order valence-electron chi connectivity index (χ3n) is 4.11. The van der Waals surface area contributed by atoms with Gasteiger partial charge in [0.1, 0.15) is 6.61 Å². The van der Waals surface area contributed by atoms with Gasteiger partial charge in [0.2, 0.25) is 15.9 Å². The normalized spacial score (nSPS) is 17.8. The Hall–Kier alpha value is -1.81. The zero-order chi connectivity index (χ0) is 18.0. The summed E-state index contributed by atoms with van der Waals surface area (Å²) in [5.74, 6) is -0.977. The second-order valence-electron chi connectivity index (χ2n) is 5.82. The molecule has 1 fully saturated rings. The molecule has 0 unspecified atom stereocenters. The van der Waals surface area contributed by atoms with Crippen molar-refractivity contribution in [2.24, 2.45) is 0 Å².